The third-order valence-electron chi connectivity index (χ3n) is 3.82. The summed E-state index contributed by atoms with van der Waals surface area (Å²) in [6.45, 7) is 0.802. The van der Waals surface area contributed by atoms with Gasteiger partial charge in [0.1, 0.15) is 5.82 Å². The Morgan fingerprint density at radius 2 is 1.83 bits per heavy atom. The summed E-state index contributed by atoms with van der Waals surface area (Å²) in [5, 5.41) is 6.85. The fourth-order valence-electron chi connectivity index (χ4n) is 2.56. The number of pyridine rings is 1. The number of aromatic amines is 1. The summed E-state index contributed by atoms with van der Waals surface area (Å²) in [5.74, 6) is -0.175. The van der Waals surface area contributed by atoms with Gasteiger partial charge in [-0.1, -0.05) is 0 Å². The molecule has 0 aliphatic rings. The van der Waals surface area contributed by atoms with Gasteiger partial charge < -0.3 is 4.90 Å². The summed E-state index contributed by atoms with van der Waals surface area (Å²) in [6.07, 6.45) is 7.68. The molecule has 1 aromatic carbocycles. The van der Waals surface area contributed by atoms with Crippen molar-refractivity contribution in [2.75, 3.05) is 20.6 Å². The third kappa shape index (κ3) is 3.46. The molecule has 3 rings (SSSR count). The Bertz CT molecular complexity index is 767. The number of nitrogens with one attached hydrogen (secondary N) is 1. The highest BCUT2D eigenvalue weighted by atomic mass is 19.1. The molecule has 0 saturated carbocycles. The molecular weight excluding hydrogens is 291 g/mol. The highest BCUT2D eigenvalue weighted by Crippen LogP contribution is 2.33. The van der Waals surface area contributed by atoms with Crippen LogP contribution in [-0.4, -0.2) is 40.7 Å². The SMILES string of the molecule is CN(C)CCc1cc(-c2cn[nH]c2)c(-c2ccncc2)cc1F. The average molecular weight is 310 g/mol. The van der Waals surface area contributed by atoms with Crippen LogP contribution in [0.4, 0.5) is 4.39 Å². The van der Waals surface area contributed by atoms with Crippen molar-refractivity contribution >= 4 is 0 Å². The average Bonchev–Trinajstić information content (AvgIpc) is 3.08. The molecule has 0 radical (unpaired) electrons. The Morgan fingerprint density at radius 3 is 2.48 bits per heavy atom. The molecule has 0 amide bonds. The molecule has 3 aromatic rings. The number of benzene rings is 1. The standard InChI is InChI=1S/C18H19FN4/c1-23(2)8-5-14-9-16(15-11-21-22-12-15)17(10-18(14)19)13-3-6-20-7-4-13/h3-4,6-7,9-12H,5,8H2,1-2H3,(H,21,22). The second-order valence-electron chi connectivity index (χ2n) is 5.77. The van der Waals surface area contributed by atoms with Gasteiger partial charge in [0, 0.05) is 30.7 Å². The van der Waals surface area contributed by atoms with Crippen molar-refractivity contribution in [2.24, 2.45) is 0 Å². The summed E-state index contributed by atoms with van der Waals surface area (Å²) in [5.41, 5.74) is 4.42. The molecule has 0 saturated heterocycles. The zero-order valence-corrected chi connectivity index (χ0v) is 13.3. The number of halogens is 1. The summed E-state index contributed by atoms with van der Waals surface area (Å²) in [7, 11) is 3.97. The van der Waals surface area contributed by atoms with E-state index in [1.54, 1.807) is 24.7 Å². The van der Waals surface area contributed by atoms with Crippen molar-refractivity contribution in [3.8, 4) is 22.3 Å². The predicted molar refractivity (Wildman–Crippen MR) is 89.5 cm³/mol. The first-order valence-electron chi connectivity index (χ1n) is 7.52. The Hall–Kier alpha value is -2.53. The lowest BCUT2D eigenvalue weighted by molar-refractivity contribution is 0.410. The minimum absolute atomic E-state index is 0.175. The predicted octanol–water partition coefficient (Wildman–Crippen LogP) is 3.38. The van der Waals surface area contributed by atoms with E-state index >= 15 is 0 Å². The first-order chi connectivity index (χ1) is 11.1. The smallest absolute Gasteiger partial charge is 0.127 e. The largest absolute Gasteiger partial charge is 0.309 e. The van der Waals surface area contributed by atoms with Crippen molar-refractivity contribution in [1.29, 1.82) is 0 Å². The molecule has 0 fully saturated rings. The van der Waals surface area contributed by atoms with Crippen LogP contribution in [0.2, 0.25) is 0 Å². The van der Waals surface area contributed by atoms with E-state index in [1.807, 2.05) is 43.4 Å². The van der Waals surface area contributed by atoms with Crippen molar-refractivity contribution < 1.29 is 4.39 Å². The maximum Gasteiger partial charge on any atom is 0.127 e. The molecule has 2 heterocycles. The Labute approximate surface area is 135 Å². The van der Waals surface area contributed by atoms with Crippen LogP contribution in [0.15, 0.2) is 49.1 Å². The van der Waals surface area contributed by atoms with Crippen molar-refractivity contribution in [3.05, 3.63) is 60.4 Å². The maximum absolute atomic E-state index is 14.6. The lowest BCUT2D eigenvalue weighted by Gasteiger charge is -2.14. The van der Waals surface area contributed by atoms with E-state index in [1.165, 1.54) is 0 Å². The molecule has 5 heteroatoms. The van der Waals surface area contributed by atoms with E-state index in [4.69, 9.17) is 0 Å². The number of hydrogen-bond acceptors (Lipinski definition) is 3. The van der Waals surface area contributed by atoms with Crippen molar-refractivity contribution in [2.45, 2.75) is 6.42 Å². The molecule has 23 heavy (non-hydrogen) atoms. The number of H-pyrrole nitrogens is 1. The van der Waals surface area contributed by atoms with E-state index in [0.717, 1.165) is 28.8 Å². The molecule has 1 N–H and O–H groups in total. The summed E-state index contributed by atoms with van der Waals surface area (Å²) < 4.78 is 14.6. The quantitative estimate of drug-likeness (QED) is 0.786. The molecule has 118 valence electrons. The second kappa shape index (κ2) is 6.71. The van der Waals surface area contributed by atoms with Gasteiger partial charge in [-0.15, -0.1) is 0 Å². The Kier molecular flexibility index (Phi) is 4.48. The van der Waals surface area contributed by atoms with Gasteiger partial charge in [-0.25, -0.2) is 4.39 Å². The number of aromatic nitrogens is 3. The summed E-state index contributed by atoms with van der Waals surface area (Å²) >= 11 is 0. The van der Waals surface area contributed by atoms with Gasteiger partial charge >= 0.3 is 0 Å². The van der Waals surface area contributed by atoms with E-state index < -0.39 is 0 Å². The minimum Gasteiger partial charge on any atom is -0.309 e. The zero-order chi connectivity index (χ0) is 16.2. The highest BCUT2D eigenvalue weighted by molar-refractivity contribution is 5.83. The molecule has 4 nitrogen and oxygen atoms in total. The number of rotatable bonds is 5. The second-order valence-corrected chi connectivity index (χ2v) is 5.77. The van der Waals surface area contributed by atoms with E-state index in [2.05, 4.69) is 15.2 Å². The summed E-state index contributed by atoms with van der Waals surface area (Å²) in [4.78, 5) is 6.08. The summed E-state index contributed by atoms with van der Waals surface area (Å²) in [6, 6.07) is 7.32. The van der Waals surface area contributed by atoms with Crippen LogP contribution in [-0.2, 0) is 6.42 Å². The van der Waals surface area contributed by atoms with Crippen LogP contribution in [0, 0.1) is 5.82 Å². The van der Waals surface area contributed by atoms with Gasteiger partial charge in [-0.3, -0.25) is 10.1 Å². The number of nitrogens with zero attached hydrogens (tertiary/aromatic N) is 3. The zero-order valence-electron chi connectivity index (χ0n) is 13.3. The molecule has 0 spiro atoms. The molecular formula is C18H19FN4. The minimum atomic E-state index is -0.175. The van der Waals surface area contributed by atoms with E-state index in [9.17, 15) is 4.39 Å². The highest BCUT2D eigenvalue weighted by Gasteiger charge is 2.14. The van der Waals surface area contributed by atoms with Crippen LogP contribution < -0.4 is 0 Å². The number of hydrogen-bond donors (Lipinski definition) is 1. The van der Waals surface area contributed by atoms with Crippen LogP contribution in [0.5, 0.6) is 0 Å². The van der Waals surface area contributed by atoms with Gasteiger partial charge in [-0.05, 0) is 67.0 Å². The van der Waals surface area contributed by atoms with Gasteiger partial charge in [0.2, 0.25) is 0 Å². The Balaban J connectivity index is 2.10. The first kappa shape index (κ1) is 15.4. The van der Waals surface area contributed by atoms with Crippen LogP contribution >= 0.6 is 0 Å². The molecule has 0 atom stereocenters. The Morgan fingerprint density at radius 1 is 1.09 bits per heavy atom. The van der Waals surface area contributed by atoms with Gasteiger partial charge in [0.15, 0.2) is 0 Å². The van der Waals surface area contributed by atoms with Gasteiger partial charge in [-0.2, -0.15) is 5.10 Å². The molecule has 2 aromatic heterocycles. The third-order valence-corrected chi connectivity index (χ3v) is 3.82. The molecule has 0 bridgehead atoms. The fraction of sp³-hybridized carbons (Fsp3) is 0.222. The van der Waals surface area contributed by atoms with E-state index in [0.29, 0.717) is 12.0 Å². The van der Waals surface area contributed by atoms with Crippen LogP contribution in [0.25, 0.3) is 22.3 Å². The van der Waals surface area contributed by atoms with Gasteiger partial charge in [0.05, 0.1) is 6.20 Å². The lowest BCUT2D eigenvalue weighted by atomic mass is 9.93. The number of likely N-dealkylation sites (N-methyl/N-ethyl adjacent to an activating group) is 1. The van der Waals surface area contributed by atoms with E-state index in [-0.39, 0.29) is 5.82 Å². The molecule has 0 aliphatic heterocycles. The van der Waals surface area contributed by atoms with Crippen molar-refractivity contribution in [1.82, 2.24) is 20.1 Å². The molecule has 0 unspecified atom stereocenters. The monoisotopic (exact) mass is 310 g/mol. The molecule has 0 aliphatic carbocycles. The first-order valence-corrected chi connectivity index (χ1v) is 7.52. The lowest BCUT2D eigenvalue weighted by Crippen LogP contribution is -2.15. The normalized spacial score (nSPS) is 11.1. The van der Waals surface area contributed by atoms with Crippen LogP contribution in [0.3, 0.4) is 0 Å². The maximum atomic E-state index is 14.6. The van der Waals surface area contributed by atoms with Gasteiger partial charge in [0.25, 0.3) is 0 Å². The van der Waals surface area contributed by atoms with Crippen molar-refractivity contribution in [3.63, 3.8) is 0 Å². The fourth-order valence-corrected chi connectivity index (χ4v) is 2.56. The topological polar surface area (TPSA) is 44.8 Å². The van der Waals surface area contributed by atoms with Crippen LogP contribution in [0.1, 0.15) is 5.56 Å².